The Balaban J connectivity index is 2.20. The molecule has 0 saturated carbocycles. The van der Waals surface area contributed by atoms with E-state index in [1.54, 1.807) is 0 Å². The standard InChI is InChI=1S/C18H36O6Si/c1-16(2,3)25(8,9)24-12(10-19)14-15(23-18(6,7)22-14)13-11-20-17(4,5)21-13/h12-15,19H,10-11H2,1-9H3/t12-,13-,14-,15-/m1/s1. The molecule has 2 aliphatic heterocycles. The van der Waals surface area contributed by atoms with E-state index in [1.165, 1.54) is 0 Å². The van der Waals surface area contributed by atoms with E-state index in [9.17, 15) is 5.11 Å². The molecule has 4 atom stereocenters. The summed E-state index contributed by atoms with van der Waals surface area (Å²) in [5.41, 5.74) is 0. The lowest BCUT2D eigenvalue weighted by Crippen LogP contribution is -2.52. The van der Waals surface area contributed by atoms with Gasteiger partial charge in [-0.1, -0.05) is 20.8 Å². The zero-order valence-corrected chi connectivity index (χ0v) is 18.2. The van der Waals surface area contributed by atoms with Crippen LogP contribution in [0.4, 0.5) is 0 Å². The van der Waals surface area contributed by atoms with Crippen molar-refractivity contribution in [1.29, 1.82) is 0 Å². The Morgan fingerprint density at radius 1 is 1.08 bits per heavy atom. The summed E-state index contributed by atoms with van der Waals surface area (Å²) >= 11 is 0. The second-order valence-electron chi connectivity index (χ2n) is 9.53. The first-order valence-corrected chi connectivity index (χ1v) is 12.0. The predicted octanol–water partition coefficient (Wildman–Crippen LogP) is 3.04. The molecule has 0 aliphatic carbocycles. The summed E-state index contributed by atoms with van der Waals surface area (Å²) in [7, 11) is -2.07. The molecular formula is C18H36O6Si. The first kappa shape index (κ1) is 21.3. The average Bonchev–Trinajstić information content (AvgIpc) is 2.94. The van der Waals surface area contributed by atoms with E-state index in [4.69, 9.17) is 23.4 Å². The van der Waals surface area contributed by atoms with Gasteiger partial charge in [0.25, 0.3) is 0 Å². The topological polar surface area (TPSA) is 66.4 Å². The van der Waals surface area contributed by atoms with Gasteiger partial charge in [0.05, 0.1) is 19.3 Å². The molecule has 0 radical (unpaired) electrons. The Bertz CT molecular complexity index is 471. The van der Waals surface area contributed by atoms with Gasteiger partial charge >= 0.3 is 0 Å². The molecule has 0 bridgehead atoms. The highest BCUT2D eigenvalue weighted by molar-refractivity contribution is 6.74. The van der Waals surface area contributed by atoms with Crippen molar-refractivity contribution in [2.75, 3.05) is 13.2 Å². The van der Waals surface area contributed by atoms with Crippen molar-refractivity contribution in [2.24, 2.45) is 0 Å². The maximum atomic E-state index is 10.0. The van der Waals surface area contributed by atoms with Gasteiger partial charge in [-0.2, -0.15) is 0 Å². The van der Waals surface area contributed by atoms with E-state index in [0.717, 1.165) is 0 Å². The fraction of sp³-hybridized carbons (Fsp3) is 1.00. The van der Waals surface area contributed by atoms with Gasteiger partial charge in [-0.15, -0.1) is 0 Å². The zero-order valence-electron chi connectivity index (χ0n) is 17.2. The summed E-state index contributed by atoms with van der Waals surface area (Å²) < 4.78 is 30.4. The summed E-state index contributed by atoms with van der Waals surface area (Å²) in [5.74, 6) is -1.39. The Labute approximate surface area is 153 Å². The van der Waals surface area contributed by atoms with Gasteiger partial charge in [-0.05, 0) is 45.8 Å². The third-order valence-electron chi connectivity index (χ3n) is 5.36. The van der Waals surface area contributed by atoms with Crippen LogP contribution in [-0.4, -0.2) is 62.6 Å². The number of aliphatic hydroxyl groups excluding tert-OH is 1. The van der Waals surface area contributed by atoms with Crippen LogP contribution in [0, 0.1) is 0 Å². The summed E-state index contributed by atoms with van der Waals surface area (Å²) in [6.07, 6.45) is -1.46. The van der Waals surface area contributed by atoms with E-state index in [2.05, 4.69) is 33.9 Å². The van der Waals surface area contributed by atoms with Gasteiger partial charge in [0.2, 0.25) is 0 Å². The van der Waals surface area contributed by atoms with Crippen LogP contribution < -0.4 is 0 Å². The first-order valence-electron chi connectivity index (χ1n) is 9.13. The van der Waals surface area contributed by atoms with Crippen molar-refractivity contribution in [3.05, 3.63) is 0 Å². The van der Waals surface area contributed by atoms with Gasteiger partial charge in [0.1, 0.15) is 18.3 Å². The molecule has 0 aromatic carbocycles. The first-order chi connectivity index (χ1) is 11.2. The second kappa shape index (κ2) is 6.85. The Morgan fingerprint density at radius 3 is 2.12 bits per heavy atom. The largest absolute Gasteiger partial charge is 0.409 e. The monoisotopic (exact) mass is 376 g/mol. The van der Waals surface area contributed by atoms with Crippen molar-refractivity contribution in [2.45, 2.75) is 103 Å². The number of hydrogen-bond acceptors (Lipinski definition) is 6. The van der Waals surface area contributed by atoms with Crippen molar-refractivity contribution in [3.63, 3.8) is 0 Å². The maximum absolute atomic E-state index is 10.0. The summed E-state index contributed by atoms with van der Waals surface area (Å²) in [6.45, 7) is 18.7. The zero-order chi connectivity index (χ0) is 19.3. The molecule has 148 valence electrons. The van der Waals surface area contributed by atoms with E-state index >= 15 is 0 Å². The van der Waals surface area contributed by atoms with E-state index in [0.29, 0.717) is 6.61 Å². The molecule has 2 heterocycles. The molecule has 0 aromatic rings. The Morgan fingerprint density at radius 2 is 1.68 bits per heavy atom. The summed E-state index contributed by atoms with van der Waals surface area (Å²) in [6, 6.07) is 0. The Kier molecular flexibility index (Phi) is 5.83. The highest BCUT2D eigenvalue weighted by Gasteiger charge is 2.53. The fourth-order valence-corrected chi connectivity index (χ4v) is 4.35. The van der Waals surface area contributed by atoms with Gasteiger partial charge in [0, 0.05) is 0 Å². The summed E-state index contributed by atoms with van der Waals surface area (Å²) in [4.78, 5) is 0. The van der Waals surface area contributed by atoms with Crippen LogP contribution in [-0.2, 0) is 23.4 Å². The van der Waals surface area contributed by atoms with Crippen LogP contribution in [0.25, 0.3) is 0 Å². The SMILES string of the molecule is CC1(C)O[C@H]([C@H]2COC(C)(C)O2)[C@@H]([C@@H](CO)O[Si](C)(C)C(C)(C)C)O1. The summed E-state index contributed by atoms with van der Waals surface area (Å²) in [5, 5.41) is 10.1. The molecule has 2 rings (SSSR count). The predicted molar refractivity (Wildman–Crippen MR) is 97.9 cm³/mol. The van der Waals surface area contributed by atoms with Crippen LogP contribution in [0.1, 0.15) is 48.5 Å². The second-order valence-corrected chi connectivity index (χ2v) is 14.3. The smallest absolute Gasteiger partial charge is 0.192 e. The number of hydrogen-bond donors (Lipinski definition) is 1. The van der Waals surface area contributed by atoms with E-state index in [-0.39, 0.29) is 23.9 Å². The van der Waals surface area contributed by atoms with Crippen LogP contribution in [0.5, 0.6) is 0 Å². The highest BCUT2D eigenvalue weighted by atomic mass is 28.4. The molecule has 2 saturated heterocycles. The number of rotatable bonds is 5. The third-order valence-corrected chi connectivity index (χ3v) is 9.86. The molecule has 7 heteroatoms. The minimum absolute atomic E-state index is 0.0415. The van der Waals surface area contributed by atoms with Gasteiger partial charge in [-0.3, -0.25) is 0 Å². The van der Waals surface area contributed by atoms with Crippen molar-refractivity contribution < 1.29 is 28.5 Å². The molecular weight excluding hydrogens is 340 g/mol. The quantitative estimate of drug-likeness (QED) is 0.744. The number of ether oxygens (including phenoxy) is 4. The molecule has 0 spiro atoms. The molecule has 25 heavy (non-hydrogen) atoms. The molecule has 0 unspecified atom stereocenters. The van der Waals surface area contributed by atoms with Crippen LogP contribution in [0.3, 0.4) is 0 Å². The van der Waals surface area contributed by atoms with E-state index in [1.807, 2.05) is 27.7 Å². The normalized spacial score (nSPS) is 33.6. The lowest BCUT2D eigenvalue weighted by Gasteiger charge is -2.41. The minimum atomic E-state index is -2.07. The van der Waals surface area contributed by atoms with Crippen molar-refractivity contribution >= 4 is 8.32 Å². The van der Waals surface area contributed by atoms with Gasteiger partial charge in [-0.25, -0.2) is 0 Å². The molecule has 0 aromatic heterocycles. The number of aliphatic hydroxyl groups is 1. The minimum Gasteiger partial charge on any atom is -0.409 e. The maximum Gasteiger partial charge on any atom is 0.192 e. The average molecular weight is 377 g/mol. The lowest BCUT2D eigenvalue weighted by atomic mass is 10.0. The van der Waals surface area contributed by atoms with Gasteiger partial charge in [0.15, 0.2) is 19.9 Å². The van der Waals surface area contributed by atoms with E-state index < -0.39 is 32.1 Å². The molecule has 2 aliphatic rings. The van der Waals surface area contributed by atoms with Crippen LogP contribution in [0.2, 0.25) is 18.1 Å². The highest BCUT2D eigenvalue weighted by Crippen LogP contribution is 2.41. The Hall–Kier alpha value is -0.0231. The van der Waals surface area contributed by atoms with Gasteiger partial charge < -0.3 is 28.5 Å². The molecule has 2 fully saturated rings. The molecule has 0 amide bonds. The third kappa shape index (κ3) is 4.83. The molecule has 1 N–H and O–H groups in total. The van der Waals surface area contributed by atoms with Crippen LogP contribution in [0.15, 0.2) is 0 Å². The van der Waals surface area contributed by atoms with Crippen molar-refractivity contribution in [1.82, 2.24) is 0 Å². The lowest BCUT2D eigenvalue weighted by molar-refractivity contribution is -0.175. The fourth-order valence-electron chi connectivity index (χ4n) is 3.03. The van der Waals surface area contributed by atoms with Crippen LogP contribution >= 0.6 is 0 Å². The molecule has 6 nitrogen and oxygen atoms in total. The van der Waals surface area contributed by atoms with Crippen molar-refractivity contribution in [3.8, 4) is 0 Å².